The van der Waals surface area contributed by atoms with Gasteiger partial charge in [-0.25, -0.2) is 0 Å². The van der Waals surface area contributed by atoms with Gasteiger partial charge in [0, 0.05) is 38.3 Å². The van der Waals surface area contributed by atoms with Crippen molar-refractivity contribution >= 4 is 0 Å². The lowest BCUT2D eigenvalue weighted by Gasteiger charge is -2.44. The van der Waals surface area contributed by atoms with Crippen LogP contribution < -0.4 is 0 Å². The zero-order chi connectivity index (χ0) is 13.0. The van der Waals surface area contributed by atoms with Crippen LogP contribution in [0, 0.1) is 0 Å². The third-order valence-corrected chi connectivity index (χ3v) is 4.71. The lowest BCUT2D eigenvalue weighted by Crippen LogP contribution is -2.56. The van der Waals surface area contributed by atoms with Crippen molar-refractivity contribution in [2.45, 2.75) is 57.2 Å². The molecule has 0 aromatic heterocycles. The van der Waals surface area contributed by atoms with E-state index in [0.29, 0.717) is 12.1 Å². The topological polar surface area (TPSA) is 46.9 Å². The van der Waals surface area contributed by atoms with Gasteiger partial charge in [0.25, 0.3) is 0 Å². The lowest BCUT2D eigenvalue weighted by atomic mass is 9.91. The van der Waals surface area contributed by atoms with E-state index in [4.69, 9.17) is 0 Å². The van der Waals surface area contributed by atoms with Crippen LogP contribution in [0.1, 0.15) is 39.0 Å². The van der Waals surface area contributed by atoms with Gasteiger partial charge in [0.2, 0.25) is 0 Å². The molecule has 4 heteroatoms. The Balaban J connectivity index is 1.82. The summed E-state index contributed by atoms with van der Waals surface area (Å²) in [5.74, 6) is 0. The highest BCUT2D eigenvalue weighted by Crippen LogP contribution is 2.24. The molecule has 3 atom stereocenters. The number of rotatable bonds is 4. The first kappa shape index (κ1) is 14.3. The molecule has 2 rings (SSSR count). The molecule has 0 amide bonds. The summed E-state index contributed by atoms with van der Waals surface area (Å²) >= 11 is 0. The molecule has 1 heterocycles. The van der Waals surface area contributed by atoms with Crippen molar-refractivity contribution in [3.05, 3.63) is 0 Å². The molecule has 4 nitrogen and oxygen atoms in total. The molecule has 18 heavy (non-hydrogen) atoms. The Morgan fingerprint density at radius 2 is 1.78 bits per heavy atom. The molecule has 106 valence electrons. The summed E-state index contributed by atoms with van der Waals surface area (Å²) in [5, 5.41) is 19.4. The SMILES string of the molecule is CCC(CO)N1CCN(C2CCCCC2O)CC1. The molecular weight excluding hydrogens is 228 g/mol. The molecule has 1 saturated carbocycles. The standard InChI is InChI=1S/C14H28N2O2/c1-2-12(11-17)15-7-9-16(10-8-15)13-5-3-4-6-14(13)18/h12-14,17-18H,2-11H2,1H3. The predicted octanol–water partition coefficient (Wildman–Crippen LogP) is 0.678. The van der Waals surface area contributed by atoms with E-state index in [1.165, 1.54) is 12.8 Å². The Morgan fingerprint density at radius 3 is 2.33 bits per heavy atom. The molecule has 1 aliphatic heterocycles. The Hall–Kier alpha value is -0.160. The summed E-state index contributed by atoms with van der Waals surface area (Å²) in [6.45, 7) is 6.54. The fourth-order valence-corrected chi connectivity index (χ4v) is 3.45. The summed E-state index contributed by atoms with van der Waals surface area (Å²) < 4.78 is 0. The molecular formula is C14H28N2O2. The Morgan fingerprint density at radius 1 is 1.11 bits per heavy atom. The summed E-state index contributed by atoms with van der Waals surface area (Å²) in [7, 11) is 0. The van der Waals surface area contributed by atoms with Gasteiger partial charge in [0.15, 0.2) is 0 Å². The zero-order valence-electron chi connectivity index (χ0n) is 11.6. The van der Waals surface area contributed by atoms with Gasteiger partial charge in [0.1, 0.15) is 0 Å². The summed E-state index contributed by atoms with van der Waals surface area (Å²) in [4.78, 5) is 4.86. The quantitative estimate of drug-likeness (QED) is 0.776. The normalized spacial score (nSPS) is 33.5. The van der Waals surface area contributed by atoms with Crippen LogP contribution in [0.2, 0.25) is 0 Å². The fourth-order valence-electron chi connectivity index (χ4n) is 3.45. The van der Waals surface area contributed by atoms with Gasteiger partial charge in [-0.15, -0.1) is 0 Å². The zero-order valence-corrected chi connectivity index (χ0v) is 11.6. The molecule has 2 aliphatic rings. The van der Waals surface area contributed by atoms with E-state index in [1.807, 2.05) is 0 Å². The molecule has 0 bridgehead atoms. The largest absolute Gasteiger partial charge is 0.395 e. The average Bonchev–Trinajstić information content (AvgIpc) is 2.42. The second kappa shape index (κ2) is 6.85. The first-order valence-electron chi connectivity index (χ1n) is 7.53. The van der Waals surface area contributed by atoms with E-state index in [9.17, 15) is 10.2 Å². The maximum absolute atomic E-state index is 10.1. The van der Waals surface area contributed by atoms with Crippen molar-refractivity contribution in [1.29, 1.82) is 0 Å². The van der Waals surface area contributed by atoms with Crippen LogP contribution in [0.3, 0.4) is 0 Å². The van der Waals surface area contributed by atoms with Crippen molar-refractivity contribution in [3.8, 4) is 0 Å². The third kappa shape index (κ3) is 3.23. The second-order valence-corrected chi connectivity index (χ2v) is 5.74. The minimum atomic E-state index is -0.120. The van der Waals surface area contributed by atoms with E-state index in [0.717, 1.165) is 45.4 Å². The number of aliphatic hydroxyl groups excluding tert-OH is 2. The van der Waals surface area contributed by atoms with Crippen molar-refractivity contribution in [1.82, 2.24) is 9.80 Å². The highest BCUT2D eigenvalue weighted by Gasteiger charge is 2.31. The third-order valence-electron chi connectivity index (χ3n) is 4.71. The number of hydrogen-bond donors (Lipinski definition) is 2. The van der Waals surface area contributed by atoms with Crippen molar-refractivity contribution in [2.75, 3.05) is 32.8 Å². The first-order chi connectivity index (χ1) is 8.76. The summed E-state index contributed by atoms with van der Waals surface area (Å²) in [5.41, 5.74) is 0. The van der Waals surface area contributed by atoms with Crippen molar-refractivity contribution in [3.63, 3.8) is 0 Å². The summed E-state index contributed by atoms with van der Waals surface area (Å²) in [6, 6.07) is 0.707. The van der Waals surface area contributed by atoms with Gasteiger partial charge in [-0.2, -0.15) is 0 Å². The second-order valence-electron chi connectivity index (χ2n) is 5.74. The number of nitrogens with zero attached hydrogens (tertiary/aromatic N) is 2. The molecule has 2 N–H and O–H groups in total. The highest BCUT2D eigenvalue weighted by atomic mass is 16.3. The molecule has 0 spiro atoms. The Kier molecular flexibility index (Phi) is 5.42. The van der Waals surface area contributed by atoms with E-state index in [-0.39, 0.29) is 12.7 Å². The maximum Gasteiger partial charge on any atom is 0.0695 e. The number of hydrogen-bond acceptors (Lipinski definition) is 4. The Bertz CT molecular complexity index is 238. The minimum Gasteiger partial charge on any atom is -0.395 e. The van der Waals surface area contributed by atoms with Crippen LogP contribution in [-0.2, 0) is 0 Å². The smallest absolute Gasteiger partial charge is 0.0695 e. The van der Waals surface area contributed by atoms with E-state index >= 15 is 0 Å². The highest BCUT2D eigenvalue weighted by molar-refractivity contribution is 4.87. The van der Waals surface area contributed by atoms with Gasteiger partial charge in [-0.1, -0.05) is 19.8 Å². The van der Waals surface area contributed by atoms with Gasteiger partial charge < -0.3 is 10.2 Å². The molecule has 2 fully saturated rings. The van der Waals surface area contributed by atoms with Crippen LogP contribution in [0.25, 0.3) is 0 Å². The molecule has 1 saturated heterocycles. The molecule has 0 radical (unpaired) electrons. The van der Waals surface area contributed by atoms with E-state index in [2.05, 4.69) is 16.7 Å². The predicted molar refractivity (Wildman–Crippen MR) is 72.6 cm³/mol. The minimum absolute atomic E-state index is 0.120. The van der Waals surface area contributed by atoms with Gasteiger partial charge in [-0.3, -0.25) is 9.80 Å². The molecule has 1 aliphatic carbocycles. The lowest BCUT2D eigenvalue weighted by molar-refractivity contribution is -0.0160. The van der Waals surface area contributed by atoms with Gasteiger partial charge >= 0.3 is 0 Å². The monoisotopic (exact) mass is 256 g/mol. The molecule has 3 unspecified atom stereocenters. The van der Waals surface area contributed by atoms with Crippen molar-refractivity contribution in [2.24, 2.45) is 0 Å². The molecule has 0 aromatic rings. The fraction of sp³-hybridized carbons (Fsp3) is 1.00. The number of piperazine rings is 1. The maximum atomic E-state index is 10.1. The Labute approximate surface area is 111 Å². The van der Waals surface area contributed by atoms with Gasteiger partial charge in [0.05, 0.1) is 12.7 Å². The van der Waals surface area contributed by atoms with Crippen LogP contribution in [-0.4, -0.2) is 71.0 Å². The molecule has 0 aromatic carbocycles. The van der Waals surface area contributed by atoms with E-state index < -0.39 is 0 Å². The number of aliphatic hydroxyl groups is 2. The van der Waals surface area contributed by atoms with Gasteiger partial charge in [-0.05, 0) is 19.3 Å². The first-order valence-corrected chi connectivity index (χ1v) is 7.53. The van der Waals surface area contributed by atoms with E-state index in [1.54, 1.807) is 0 Å². The average molecular weight is 256 g/mol. The van der Waals surface area contributed by atoms with Crippen LogP contribution >= 0.6 is 0 Å². The van der Waals surface area contributed by atoms with Crippen LogP contribution in [0.15, 0.2) is 0 Å². The van der Waals surface area contributed by atoms with Crippen LogP contribution in [0.5, 0.6) is 0 Å². The van der Waals surface area contributed by atoms with Crippen molar-refractivity contribution < 1.29 is 10.2 Å². The van der Waals surface area contributed by atoms with Crippen LogP contribution in [0.4, 0.5) is 0 Å². The summed E-state index contributed by atoms with van der Waals surface area (Å²) in [6.07, 6.45) is 5.46.